The quantitative estimate of drug-likeness (QED) is 0.837. The molecule has 0 radical (unpaired) electrons. The summed E-state index contributed by atoms with van der Waals surface area (Å²) in [5.74, 6) is -2.60. The Morgan fingerprint density at radius 1 is 0.955 bits per heavy atom. The third-order valence-electron chi connectivity index (χ3n) is 3.28. The van der Waals surface area contributed by atoms with Gasteiger partial charge in [-0.2, -0.15) is 0 Å². The van der Waals surface area contributed by atoms with Crippen LogP contribution in [0, 0.1) is 5.82 Å². The molecule has 0 unspecified atom stereocenters. The summed E-state index contributed by atoms with van der Waals surface area (Å²) in [5.41, 5.74) is 0.830. The first kappa shape index (κ1) is 14.3. The topological polar surface area (TPSA) is 66.4 Å². The molecule has 1 heterocycles. The molecule has 0 aromatic heterocycles. The number of halogens is 2. The fourth-order valence-electron chi connectivity index (χ4n) is 2.31. The van der Waals surface area contributed by atoms with Gasteiger partial charge in [-0.25, -0.2) is 4.39 Å². The molecule has 3 rings (SSSR count). The van der Waals surface area contributed by atoms with Crippen LogP contribution in [0.4, 0.5) is 4.39 Å². The minimum absolute atomic E-state index is 0.0474. The van der Waals surface area contributed by atoms with E-state index in [9.17, 15) is 19.1 Å². The summed E-state index contributed by atoms with van der Waals surface area (Å²) in [6.45, 7) is 0. The van der Waals surface area contributed by atoms with E-state index < -0.39 is 23.4 Å². The van der Waals surface area contributed by atoms with E-state index in [1.54, 1.807) is 24.3 Å². The van der Waals surface area contributed by atoms with Crippen molar-refractivity contribution in [3.05, 3.63) is 64.4 Å². The predicted molar refractivity (Wildman–Crippen MR) is 79.5 cm³/mol. The van der Waals surface area contributed by atoms with E-state index >= 15 is 0 Å². The second-order valence-corrected chi connectivity index (χ2v) is 5.15. The van der Waals surface area contributed by atoms with Crippen LogP contribution in [0.15, 0.2) is 42.5 Å². The number of carbonyl (C=O) groups is 2. The van der Waals surface area contributed by atoms with Gasteiger partial charge >= 0.3 is 0 Å². The van der Waals surface area contributed by atoms with Crippen LogP contribution in [0.5, 0.6) is 5.75 Å². The summed E-state index contributed by atoms with van der Waals surface area (Å²) in [5, 5.41) is 11.8. The largest absolute Gasteiger partial charge is 0.505 e. The minimum atomic E-state index is -0.873. The van der Waals surface area contributed by atoms with Crippen LogP contribution in [0.1, 0.15) is 11.1 Å². The molecule has 2 aromatic rings. The summed E-state index contributed by atoms with van der Waals surface area (Å²) in [4.78, 5) is 24.1. The van der Waals surface area contributed by atoms with Gasteiger partial charge in [-0.3, -0.25) is 14.9 Å². The van der Waals surface area contributed by atoms with Crippen LogP contribution in [0.25, 0.3) is 11.1 Å². The number of phenolic OH excluding ortho intramolecular Hbond substituents is 1. The molecule has 110 valence electrons. The van der Waals surface area contributed by atoms with Crippen molar-refractivity contribution in [1.29, 1.82) is 0 Å². The third-order valence-corrected chi connectivity index (χ3v) is 3.52. The van der Waals surface area contributed by atoms with Crippen LogP contribution in [-0.2, 0) is 9.59 Å². The van der Waals surface area contributed by atoms with Crippen molar-refractivity contribution in [3.63, 3.8) is 0 Å². The van der Waals surface area contributed by atoms with Gasteiger partial charge in [0.1, 0.15) is 0 Å². The first-order valence-corrected chi connectivity index (χ1v) is 6.70. The number of hydrogen-bond donors (Lipinski definition) is 2. The highest BCUT2D eigenvalue weighted by Gasteiger charge is 2.32. The zero-order valence-corrected chi connectivity index (χ0v) is 11.8. The minimum Gasteiger partial charge on any atom is -0.505 e. The van der Waals surface area contributed by atoms with Crippen LogP contribution >= 0.6 is 11.6 Å². The fourth-order valence-corrected chi connectivity index (χ4v) is 2.50. The molecule has 2 aromatic carbocycles. The van der Waals surface area contributed by atoms with Crippen molar-refractivity contribution >= 4 is 34.6 Å². The Morgan fingerprint density at radius 3 is 2.18 bits per heavy atom. The molecule has 1 aliphatic rings. The lowest BCUT2D eigenvalue weighted by Crippen LogP contribution is -2.22. The first-order chi connectivity index (χ1) is 10.5. The van der Waals surface area contributed by atoms with E-state index in [0.717, 1.165) is 12.1 Å². The monoisotopic (exact) mass is 317 g/mol. The van der Waals surface area contributed by atoms with Crippen molar-refractivity contribution in [3.8, 4) is 5.75 Å². The Balaban J connectivity index is 2.25. The highest BCUT2D eigenvalue weighted by molar-refractivity contribution is 6.49. The number of benzene rings is 2. The Labute approximate surface area is 129 Å². The van der Waals surface area contributed by atoms with Gasteiger partial charge < -0.3 is 5.11 Å². The van der Waals surface area contributed by atoms with E-state index in [1.807, 2.05) is 0 Å². The van der Waals surface area contributed by atoms with Crippen LogP contribution in [-0.4, -0.2) is 16.9 Å². The van der Waals surface area contributed by atoms with Gasteiger partial charge in [0.25, 0.3) is 11.8 Å². The van der Waals surface area contributed by atoms with Gasteiger partial charge in [-0.05, 0) is 35.4 Å². The highest BCUT2D eigenvalue weighted by Crippen LogP contribution is 2.33. The molecule has 0 fully saturated rings. The molecule has 4 nitrogen and oxygen atoms in total. The van der Waals surface area contributed by atoms with Crippen LogP contribution < -0.4 is 5.32 Å². The number of rotatable bonds is 2. The number of nitrogens with one attached hydrogen (secondary N) is 1. The van der Waals surface area contributed by atoms with E-state index in [1.165, 1.54) is 6.07 Å². The van der Waals surface area contributed by atoms with Gasteiger partial charge in [-0.1, -0.05) is 29.8 Å². The Hall–Kier alpha value is -2.66. The van der Waals surface area contributed by atoms with E-state index in [0.29, 0.717) is 10.6 Å². The number of phenols is 1. The van der Waals surface area contributed by atoms with Gasteiger partial charge in [0.2, 0.25) is 0 Å². The molecule has 22 heavy (non-hydrogen) atoms. The molecule has 0 atom stereocenters. The average molecular weight is 318 g/mol. The normalized spacial score (nSPS) is 14.5. The lowest BCUT2D eigenvalue weighted by molar-refractivity contribution is -0.122. The summed E-state index contributed by atoms with van der Waals surface area (Å²) in [6, 6.07) is 9.98. The van der Waals surface area contributed by atoms with Crippen LogP contribution in [0.3, 0.4) is 0 Å². The van der Waals surface area contributed by atoms with E-state index in [2.05, 4.69) is 5.32 Å². The Bertz CT molecular complexity index is 845. The number of hydrogen-bond acceptors (Lipinski definition) is 3. The number of imide groups is 1. The summed E-state index contributed by atoms with van der Waals surface area (Å²) in [6.07, 6.45) is 0. The maximum atomic E-state index is 13.5. The van der Waals surface area contributed by atoms with Crippen LogP contribution in [0.2, 0.25) is 5.02 Å². The molecular weight excluding hydrogens is 309 g/mol. The third kappa shape index (κ3) is 2.35. The van der Waals surface area contributed by atoms with Crippen molar-refractivity contribution in [2.24, 2.45) is 0 Å². The standard InChI is InChI=1S/C16H9ClFNO3/c17-10-3-1-2-8(6-10)13-14(16(22)19-15(13)21)9-4-5-12(20)11(18)7-9/h1-7,20H,(H,19,21,22). The fraction of sp³-hybridized carbons (Fsp3) is 0. The second kappa shape index (κ2) is 5.27. The number of carbonyl (C=O) groups excluding carboxylic acids is 2. The zero-order valence-electron chi connectivity index (χ0n) is 11.1. The average Bonchev–Trinajstić information content (AvgIpc) is 2.76. The maximum absolute atomic E-state index is 13.5. The molecule has 2 N–H and O–H groups in total. The van der Waals surface area contributed by atoms with Crippen molar-refractivity contribution in [1.82, 2.24) is 5.32 Å². The molecule has 0 spiro atoms. The van der Waals surface area contributed by atoms with Gasteiger partial charge in [-0.15, -0.1) is 0 Å². The molecular formula is C16H9ClFNO3. The molecule has 1 aliphatic heterocycles. The molecule has 0 saturated heterocycles. The lowest BCUT2D eigenvalue weighted by atomic mass is 9.96. The zero-order chi connectivity index (χ0) is 15.9. The summed E-state index contributed by atoms with van der Waals surface area (Å²) < 4.78 is 13.5. The molecule has 6 heteroatoms. The molecule has 0 aliphatic carbocycles. The van der Waals surface area contributed by atoms with Gasteiger partial charge in [0.05, 0.1) is 11.1 Å². The van der Waals surface area contributed by atoms with Crippen molar-refractivity contribution in [2.75, 3.05) is 0 Å². The molecule has 0 bridgehead atoms. The molecule has 0 saturated carbocycles. The van der Waals surface area contributed by atoms with E-state index in [-0.39, 0.29) is 16.7 Å². The van der Waals surface area contributed by atoms with Crippen molar-refractivity contribution in [2.45, 2.75) is 0 Å². The maximum Gasteiger partial charge on any atom is 0.259 e. The molecule has 2 amide bonds. The van der Waals surface area contributed by atoms with Gasteiger partial charge in [0, 0.05) is 5.02 Å². The SMILES string of the molecule is O=C1NC(=O)C(c2ccc(O)c(F)c2)=C1c1cccc(Cl)c1. The number of amides is 2. The predicted octanol–water partition coefficient (Wildman–Crippen LogP) is 2.75. The lowest BCUT2D eigenvalue weighted by Gasteiger charge is -2.06. The van der Waals surface area contributed by atoms with E-state index in [4.69, 9.17) is 11.6 Å². The second-order valence-electron chi connectivity index (χ2n) is 4.71. The smallest absolute Gasteiger partial charge is 0.259 e. The summed E-state index contributed by atoms with van der Waals surface area (Å²) in [7, 11) is 0. The summed E-state index contributed by atoms with van der Waals surface area (Å²) >= 11 is 5.91. The van der Waals surface area contributed by atoms with Gasteiger partial charge in [0.15, 0.2) is 11.6 Å². The van der Waals surface area contributed by atoms with Crippen molar-refractivity contribution < 1.29 is 19.1 Å². The number of aromatic hydroxyl groups is 1. The Kier molecular flexibility index (Phi) is 3.42. The Morgan fingerprint density at radius 2 is 1.59 bits per heavy atom. The first-order valence-electron chi connectivity index (χ1n) is 6.32. The highest BCUT2D eigenvalue weighted by atomic mass is 35.5.